The van der Waals surface area contributed by atoms with Crippen molar-refractivity contribution in [3.05, 3.63) is 63.7 Å². The van der Waals surface area contributed by atoms with E-state index in [-0.39, 0.29) is 18.1 Å². The van der Waals surface area contributed by atoms with Gasteiger partial charge in [-0.2, -0.15) is 0 Å². The van der Waals surface area contributed by atoms with Crippen LogP contribution in [0.15, 0.2) is 42.5 Å². The van der Waals surface area contributed by atoms with E-state index in [9.17, 15) is 14.9 Å². The van der Waals surface area contributed by atoms with E-state index in [1.165, 1.54) is 12.1 Å². The Bertz CT molecular complexity index is 775. The van der Waals surface area contributed by atoms with E-state index in [2.05, 4.69) is 5.32 Å². The molecule has 1 atom stereocenters. The Morgan fingerprint density at radius 3 is 2.54 bits per heavy atom. The van der Waals surface area contributed by atoms with Gasteiger partial charge in [-0.15, -0.1) is 0 Å². The minimum atomic E-state index is -0.474. The lowest BCUT2D eigenvalue weighted by Crippen LogP contribution is -3.08. The first-order valence-corrected chi connectivity index (χ1v) is 8.47. The molecule has 7 nitrogen and oxygen atoms in total. The molecule has 0 saturated carbocycles. The maximum atomic E-state index is 12.3. The molecule has 0 radical (unpaired) electrons. The molecule has 7 heteroatoms. The lowest BCUT2D eigenvalue weighted by Gasteiger charge is -2.15. The maximum Gasteiger partial charge on any atom is 0.279 e. The van der Waals surface area contributed by atoms with Gasteiger partial charge in [0.05, 0.1) is 24.3 Å². The number of carbonyl (C=O) groups is 1. The van der Waals surface area contributed by atoms with E-state index in [0.717, 1.165) is 21.8 Å². The molecule has 138 valence electrons. The zero-order valence-corrected chi connectivity index (χ0v) is 15.2. The lowest BCUT2D eigenvalue weighted by molar-refractivity contribution is -0.885. The number of nitro groups is 1. The van der Waals surface area contributed by atoms with Crippen molar-refractivity contribution < 1.29 is 19.4 Å². The SMILES string of the molecule is CCOc1ccc(C[NH+](C)CC(=O)Nc2cc([N+](=O)[O-])ccc2C)cc1. The molecule has 0 bridgehead atoms. The number of hydrogen-bond acceptors (Lipinski definition) is 4. The highest BCUT2D eigenvalue weighted by atomic mass is 16.6. The predicted molar refractivity (Wildman–Crippen MR) is 99.5 cm³/mol. The Kier molecular flexibility index (Phi) is 6.68. The third-order valence-electron chi connectivity index (χ3n) is 3.91. The second-order valence-corrected chi connectivity index (χ2v) is 6.19. The quantitative estimate of drug-likeness (QED) is 0.558. The van der Waals surface area contributed by atoms with Crippen molar-refractivity contribution in [3.8, 4) is 5.75 Å². The van der Waals surface area contributed by atoms with Crippen LogP contribution in [-0.4, -0.2) is 31.0 Å². The van der Waals surface area contributed by atoms with Crippen LogP contribution in [0.4, 0.5) is 11.4 Å². The molecular formula is C19H24N3O4+. The summed E-state index contributed by atoms with van der Waals surface area (Å²) in [6.07, 6.45) is 0. The number of amides is 1. The van der Waals surface area contributed by atoms with Crippen LogP contribution in [0.2, 0.25) is 0 Å². The van der Waals surface area contributed by atoms with Crippen molar-refractivity contribution in [1.29, 1.82) is 0 Å². The van der Waals surface area contributed by atoms with Gasteiger partial charge in [0.15, 0.2) is 6.54 Å². The largest absolute Gasteiger partial charge is 0.494 e. The summed E-state index contributed by atoms with van der Waals surface area (Å²) in [4.78, 5) is 23.7. The van der Waals surface area contributed by atoms with Gasteiger partial charge in [-0.05, 0) is 43.7 Å². The van der Waals surface area contributed by atoms with Crippen molar-refractivity contribution >= 4 is 17.3 Å². The molecule has 2 N–H and O–H groups in total. The number of hydrogen-bond donors (Lipinski definition) is 2. The average Bonchev–Trinajstić information content (AvgIpc) is 2.58. The zero-order valence-electron chi connectivity index (χ0n) is 15.2. The van der Waals surface area contributed by atoms with Crippen LogP contribution >= 0.6 is 0 Å². The topological polar surface area (TPSA) is 85.9 Å². The summed E-state index contributed by atoms with van der Waals surface area (Å²) >= 11 is 0. The summed E-state index contributed by atoms with van der Waals surface area (Å²) in [5, 5.41) is 13.6. The molecule has 0 aliphatic carbocycles. The molecule has 0 aliphatic heterocycles. The molecule has 0 heterocycles. The molecule has 1 amide bonds. The molecule has 0 saturated heterocycles. The fourth-order valence-corrected chi connectivity index (χ4v) is 2.61. The molecule has 2 aromatic carbocycles. The van der Waals surface area contributed by atoms with Gasteiger partial charge in [-0.25, -0.2) is 0 Å². The van der Waals surface area contributed by atoms with E-state index < -0.39 is 4.92 Å². The van der Waals surface area contributed by atoms with Crippen LogP contribution in [0.3, 0.4) is 0 Å². The van der Waals surface area contributed by atoms with Crippen LogP contribution in [0.25, 0.3) is 0 Å². The van der Waals surface area contributed by atoms with E-state index in [1.807, 2.05) is 38.2 Å². The van der Waals surface area contributed by atoms with Crippen LogP contribution < -0.4 is 15.0 Å². The number of aryl methyl sites for hydroxylation is 1. The molecule has 2 aromatic rings. The van der Waals surface area contributed by atoms with Crippen molar-refractivity contribution in [2.75, 3.05) is 25.5 Å². The molecule has 0 fully saturated rings. The second kappa shape index (κ2) is 8.96. The highest BCUT2D eigenvalue weighted by Crippen LogP contribution is 2.21. The Balaban J connectivity index is 1.92. The summed E-state index contributed by atoms with van der Waals surface area (Å²) in [6, 6.07) is 12.2. The predicted octanol–water partition coefficient (Wildman–Crippen LogP) is 1.96. The summed E-state index contributed by atoms with van der Waals surface area (Å²) in [5.41, 5.74) is 2.32. The van der Waals surface area contributed by atoms with Gasteiger partial charge >= 0.3 is 0 Å². The van der Waals surface area contributed by atoms with Crippen molar-refractivity contribution in [3.63, 3.8) is 0 Å². The highest BCUT2D eigenvalue weighted by molar-refractivity contribution is 5.92. The minimum absolute atomic E-state index is 0.0408. The van der Waals surface area contributed by atoms with Crippen molar-refractivity contribution in [2.45, 2.75) is 20.4 Å². The number of anilines is 1. The normalized spacial score (nSPS) is 11.7. The van der Waals surface area contributed by atoms with Crippen LogP contribution in [0.1, 0.15) is 18.1 Å². The first-order valence-electron chi connectivity index (χ1n) is 8.47. The molecule has 1 unspecified atom stereocenters. The number of ether oxygens (including phenoxy) is 1. The number of non-ortho nitro benzene ring substituents is 1. The first-order chi connectivity index (χ1) is 12.4. The van der Waals surface area contributed by atoms with Crippen LogP contribution in [0, 0.1) is 17.0 Å². The summed E-state index contributed by atoms with van der Waals surface area (Å²) < 4.78 is 5.42. The van der Waals surface area contributed by atoms with E-state index in [4.69, 9.17) is 4.74 Å². The molecule has 26 heavy (non-hydrogen) atoms. The number of benzene rings is 2. The van der Waals surface area contributed by atoms with Gasteiger partial charge in [-0.3, -0.25) is 14.9 Å². The monoisotopic (exact) mass is 358 g/mol. The maximum absolute atomic E-state index is 12.3. The lowest BCUT2D eigenvalue weighted by atomic mass is 10.2. The van der Waals surface area contributed by atoms with E-state index >= 15 is 0 Å². The standard InChI is InChI=1S/C19H23N3O4/c1-4-26-17-9-6-15(7-10-17)12-21(3)13-19(23)20-18-11-16(22(24)25)8-5-14(18)2/h5-11H,4,12-13H2,1-3H3,(H,20,23)/p+1. The third-order valence-corrected chi connectivity index (χ3v) is 3.91. The minimum Gasteiger partial charge on any atom is -0.494 e. The van der Waals surface area contributed by atoms with Gasteiger partial charge in [0.1, 0.15) is 12.3 Å². The van der Waals surface area contributed by atoms with Gasteiger partial charge in [0.2, 0.25) is 0 Å². The smallest absolute Gasteiger partial charge is 0.279 e. The zero-order chi connectivity index (χ0) is 19.1. The number of rotatable bonds is 8. The van der Waals surface area contributed by atoms with Crippen molar-refractivity contribution in [1.82, 2.24) is 0 Å². The molecule has 0 spiro atoms. The molecular weight excluding hydrogens is 334 g/mol. The molecule has 2 rings (SSSR count). The van der Waals surface area contributed by atoms with Gasteiger partial charge in [-0.1, -0.05) is 6.07 Å². The highest BCUT2D eigenvalue weighted by Gasteiger charge is 2.14. The van der Waals surface area contributed by atoms with Crippen molar-refractivity contribution in [2.24, 2.45) is 0 Å². The van der Waals surface area contributed by atoms with E-state index in [0.29, 0.717) is 18.8 Å². The average molecular weight is 358 g/mol. The number of quaternary nitrogens is 1. The number of nitro benzene ring substituents is 1. The second-order valence-electron chi connectivity index (χ2n) is 6.19. The summed E-state index contributed by atoms with van der Waals surface area (Å²) in [5.74, 6) is 0.643. The Morgan fingerprint density at radius 2 is 1.92 bits per heavy atom. The van der Waals surface area contributed by atoms with Crippen LogP contribution in [-0.2, 0) is 11.3 Å². The number of likely N-dealkylation sites (N-methyl/N-ethyl adjacent to an activating group) is 1. The third kappa shape index (κ3) is 5.56. The Labute approximate surface area is 152 Å². The van der Waals surface area contributed by atoms with Gasteiger partial charge in [0.25, 0.3) is 11.6 Å². The number of nitrogens with zero attached hydrogens (tertiary/aromatic N) is 1. The molecule has 0 aromatic heterocycles. The summed E-state index contributed by atoms with van der Waals surface area (Å²) in [6.45, 7) is 5.31. The van der Waals surface area contributed by atoms with Gasteiger partial charge < -0.3 is 15.0 Å². The fourth-order valence-electron chi connectivity index (χ4n) is 2.61. The van der Waals surface area contributed by atoms with Gasteiger partial charge in [0, 0.05) is 17.7 Å². The summed E-state index contributed by atoms with van der Waals surface area (Å²) in [7, 11) is 1.93. The number of nitrogens with one attached hydrogen (secondary N) is 2. The fraction of sp³-hybridized carbons (Fsp3) is 0.316. The van der Waals surface area contributed by atoms with E-state index in [1.54, 1.807) is 13.0 Å². The first kappa shape index (κ1) is 19.4. The number of carbonyl (C=O) groups excluding carboxylic acids is 1. The Hall–Kier alpha value is -2.93. The van der Waals surface area contributed by atoms with Crippen LogP contribution in [0.5, 0.6) is 5.75 Å². The molecule has 0 aliphatic rings. The Morgan fingerprint density at radius 1 is 1.23 bits per heavy atom.